The van der Waals surface area contributed by atoms with E-state index in [1.807, 2.05) is 18.2 Å². The number of likely N-dealkylation sites (tertiary alicyclic amines) is 1. The molecule has 0 atom stereocenters. The van der Waals surface area contributed by atoms with E-state index < -0.39 is 0 Å². The largest absolute Gasteiger partial charge is 0.493 e. The summed E-state index contributed by atoms with van der Waals surface area (Å²) >= 11 is 0. The molecule has 22 heavy (non-hydrogen) atoms. The van der Waals surface area contributed by atoms with Crippen molar-refractivity contribution in [3.05, 3.63) is 23.8 Å². The van der Waals surface area contributed by atoms with Crippen LogP contribution in [0.5, 0.6) is 11.5 Å². The molecule has 1 aromatic carbocycles. The van der Waals surface area contributed by atoms with Crippen LogP contribution in [0.25, 0.3) is 0 Å². The van der Waals surface area contributed by atoms with Crippen molar-refractivity contribution in [2.45, 2.75) is 26.3 Å². The fourth-order valence-corrected chi connectivity index (χ4v) is 2.50. The second kappa shape index (κ2) is 9.76. The Bertz CT molecular complexity index is 488. The van der Waals surface area contributed by atoms with Crippen LogP contribution in [0.2, 0.25) is 0 Å². The Morgan fingerprint density at radius 2 is 1.86 bits per heavy atom. The maximum atomic E-state index is 5.33. The summed E-state index contributed by atoms with van der Waals surface area (Å²) in [5.74, 6) is 2.50. The molecule has 0 bridgehead atoms. The van der Waals surface area contributed by atoms with Gasteiger partial charge in [0.05, 0.1) is 20.8 Å². The smallest absolute Gasteiger partial charge is 0.194 e. The summed E-state index contributed by atoms with van der Waals surface area (Å²) < 4.78 is 10.6. The number of nitrogens with zero attached hydrogens (tertiary/aromatic N) is 2. The summed E-state index contributed by atoms with van der Waals surface area (Å²) in [4.78, 5) is 7.06. The van der Waals surface area contributed by atoms with Crippen molar-refractivity contribution in [1.82, 2.24) is 10.2 Å². The first-order valence-electron chi connectivity index (χ1n) is 7.52. The number of nitrogens with one attached hydrogen (secondary N) is 1. The van der Waals surface area contributed by atoms with Gasteiger partial charge in [0.15, 0.2) is 17.5 Å². The molecule has 1 fully saturated rings. The number of hydrogen-bond donors (Lipinski definition) is 1. The normalized spacial score (nSPS) is 14.5. The van der Waals surface area contributed by atoms with E-state index in [2.05, 4.69) is 17.1 Å². The second-order valence-corrected chi connectivity index (χ2v) is 5.05. The van der Waals surface area contributed by atoms with Crippen LogP contribution < -0.4 is 14.8 Å². The van der Waals surface area contributed by atoms with Crippen molar-refractivity contribution < 1.29 is 9.47 Å². The van der Waals surface area contributed by atoms with Gasteiger partial charge < -0.3 is 19.7 Å². The van der Waals surface area contributed by atoms with Crippen LogP contribution in [-0.4, -0.2) is 44.7 Å². The molecule has 0 aromatic heterocycles. The maximum Gasteiger partial charge on any atom is 0.194 e. The van der Waals surface area contributed by atoms with Crippen molar-refractivity contribution in [3.8, 4) is 11.5 Å². The molecule has 5 nitrogen and oxygen atoms in total. The van der Waals surface area contributed by atoms with Gasteiger partial charge in [-0.1, -0.05) is 6.07 Å². The van der Waals surface area contributed by atoms with Crippen LogP contribution in [0.4, 0.5) is 0 Å². The van der Waals surface area contributed by atoms with Gasteiger partial charge in [-0.15, -0.1) is 24.0 Å². The topological polar surface area (TPSA) is 46.1 Å². The van der Waals surface area contributed by atoms with E-state index in [0.29, 0.717) is 6.54 Å². The van der Waals surface area contributed by atoms with Crippen molar-refractivity contribution in [2.24, 2.45) is 4.99 Å². The Labute approximate surface area is 150 Å². The molecule has 0 saturated carbocycles. The molecule has 1 saturated heterocycles. The van der Waals surface area contributed by atoms with Crippen molar-refractivity contribution >= 4 is 29.9 Å². The third-order valence-electron chi connectivity index (χ3n) is 3.60. The molecule has 124 valence electrons. The van der Waals surface area contributed by atoms with Gasteiger partial charge in [-0.2, -0.15) is 0 Å². The van der Waals surface area contributed by atoms with Gasteiger partial charge in [-0.3, -0.25) is 0 Å². The van der Waals surface area contributed by atoms with Gasteiger partial charge in [0.2, 0.25) is 0 Å². The highest BCUT2D eigenvalue weighted by Gasteiger charge is 2.15. The van der Waals surface area contributed by atoms with Gasteiger partial charge in [0.1, 0.15) is 0 Å². The summed E-state index contributed by atoms with van der Waals surface area (Å²) in [6.45, 7) is 5.82. The number of rotatable bonds is 5. The minimum Gasteiger partial charge on any atom is -0.493 e. The van der Waals surface area contributed by atoms with E-state index in [1.54, 1.807) is 14.2 Å². The molecule has 0 unspecified atom stereocenters. The van der Waals surface area contributed by atoms with E-state index in [1.165, 1.54) is 12.8 Å². The first-order chi connectivity index (χ1) is 10.3. The standard InChI is InChI=1S/C16H25N3O2.HI/c1-4-17-16(19-9-5-6-10-19)18-12-13-7-8-14(20-2)15(11-13)21-3;/h7-8,11H,4-6,9-10,12H2,1-3H3,(H,17,18);1H. The average molecular weight is 419 g/mol. The fourth-order valence-electron chi connectivity index (χ4n) is 2.50. The van der Waals surface area contributed by atoms with E-state index in [0.717, 1.165) is 42.7 Å². The zero-order valence-electron chi connectivity index (χ0n) is 13.6. The van der Waals surface area contributed by atoms with Gasteiger partial charge >= 0.3 is 0 Å². The predicted molar refractivity (Wildman–Crippen MR) is 101 cm³/mol. The number of aliphatic imine (C=N–C) groups is 1. The Kier molecular flexibility index (Phi) is 8.37. The zero-order chi connectivity index (χ0) is 15.1. The van der Waals surface area contributed by atoms with E-state index in [4.69, 9.17) is 14.5 Å². The second-order valence-electron chi connectivity index (χ2n) is 5.05. The van der Waals surface area contributed by atoms with Crippen molar-refractivity contribution in [3.63, 3.8) is 0 Å². The SMILES string of the molecule is CCNC(=NCc1ccc(OC)c(OC)c1)N1CCCC1.I. The number of ether oxygens (including phenoxy) is 2. The summed E-state index contributed by atoms with van der Waals surface area (Å²) in [6, 6.07) is 5.93. The van der Waals surface area contributed by atoms with Crippen LogP contribution in [-0.2, 0) is 6.54 Å². The molecule has 0 amide bonds. The summed E-state index contributed by atoms with van der Waals surface area (Å²) in [6.07, 6.45) is 2.50. The van der Waals surface area contributed by atoms with Crippen molar-refractivity contribution in [1.29, 1.82) is 0 Å². The molecule has 1 aliphatic heterocycles. The van der Waals surface area contributed by atoms with E-state index >= 15 is 0 Å². The van der Waals surface area contributed by atoms with Gasteiger partial charge in [-0.25, -0.2) is 4.99 Å². The third kappa shape index (κ3) is 4.93. The molecule has 0 spiro atoms. The Balaban J connectivity index is 0.00000242. The van der Waals surface area contributed by atoms with Crippen molar-refractivity contribution in [2.75, 3.05) is 33.9 Å². The monoisotopic (exact) mass is 419 g/mol. The van der Waals surface area contributed by atoms with Crippen LogP contribution in [0.15, 0.2) is 23.2 Å². The lowest BCUT2D eigenvalue weighted by Crippen LogP contribution is -2.39. The molecule has 0 radical (unpaired) electrons. The van der Waals surface area contributed by atoms with E-state index in [9.17, 15) is 0 Å². The minimum atomic E-state index is 0. The number of methoxy groups -OCH3 is 2. The van der Waals surface area contributed by atoms with E-state index in [-0.39, 0.29) is 24.0 Å². The average Bonchev–Trinajstić information content (AvgIpc) is 3.05. The third-order valence-corrected chi connectivity index (χ3v) is 3.60. The number of guanidine groups is 1. The van der Waals surface area contributed by atoms with Gasteiger partial charge in [0, 0.05) is 19.6 Å². The fraction of sp³-hybridized carbons (Fsp3) is 0.562. The summed E-state index contributed by atoms with van der Waals surface area (Å²) in [5.41, 5.74) is 1.11. The Morgan fingerprint density at radius 1 is 1.18 bits per heavy atom. The van der Waals surface area contributed by atoms with Crippen LogP contribution >= 0.6 is 24.0 Å². The first kappa shape index (κ1) is 18.9. The summed E-state index contributed by atoms with van der Waals surface area (Å²) in [5, 5.41) is 3.37. The highest BCUT2D eigenvalue weighted by atomic mass is 127. The molecule has 6 heteroatoms. The minimum absolute atomic E-state index is 0. The molecule has 1 N–H and O–H groups in total. The number of benzene rings is 1. The Morgan fingerprint density at radius 3 is 2.45 bits per heavy atom. The number of hydrogen-bond acceptors (Lipinski definition) is 3. The van der Waals surface area contributed by atoms with Gasteiger partial charge in [0.25, 0.3) is 0 Å². The Hall–Kier alpha value is -1.18. The highest BCUT2D eigenvalue weighted by Crippen LogP contribution is 2.27. The number of halogens is 1. The lowest BCUT2D eigenvalue weighted by Gasteiger charge is -2.20. The zero-order valence-corrected chi connectivity index (χ0v) is 15.9. The predicted octanol–water partition coefficient (Wildman–Crippen LogP) is 2.88. The highest BCUT2D eigenvalue weighted by molar-refractivity contribution is 14.0. The molecule has 1 heterocycles. The molecule has 1 aliphatic rings. The summed E-state index contributed by atoms with van der Waals surface area (Å²) in [7, 11) is 3.30. The lowest BCUT2D eigenvalue weighted by atomic mass is 10.2. The van der Waals surface area contributed by atoms with Gasteiger partial charge in [-0.05, 0) is 37.5 Å². The molecule has 1 aromatic rings. The maximum absolute atomic E-state index is 5.33. The molecular weight excluding hydrogens is 393 g/mol. The lowest BCUT2D eigenvalue weighted by molar-refractivity contribution is 0.354. The van der Waals surface area contributed by atoms with Crippen LogP contribution in [0.3, 0.4) is 0 Å². The van der Waals surface area contributed by atoms with Crippen LogP contribution in [0, 0.1) is 0 Å². The quantitative estimate of drug-likeness (QED) is 0.453. The first-order valence-corrected chi connectivity index (χ1v) is 7.52. The molecular formula is C16H26IN3O2. The molecule has 0 aliphatic carbocycles. The van der Waals surface area contributed by atoms with Crippen LogP contribution in [0.1, 0.15) is 25.3 Å². The molecule has 2 rings (SSSR count).